The molecule has 1 heterocycles. The molecule has 0 aliphatic carbocycles. The second kappa shape index (κ2) is 6.14. The molecule has 0 aliphatic rings. The number of thiazole rings is 1. The van der Waals surface area contributed by atoms with Gasteiger partial charge in [-0.1, -0.05) is 20.8 Å². The van der Waals surface area contributed by atoms with Crippen LogP contribution in [-0.2, 0) is 13.0 Å². The summed E-state index contributed by atoms with van der Waals surface area (Å²) in [4.78, 5) is 5.76. The number of aromatic nitrogens is 1. The van der Waals surface area contributed by atoms with Crippen LogP contribution in [0.2, 0.25) is 0 Å². The fraction of sp³-hybridized carbons (Fsp3) is 0.727. The quantitative estimate of drug-likeness (QED) is 0.784. The lowest BCUT2D eigenvalue weighted by molar-refractivity contribution is 0.483. The van der Waals surface area contributed by atoms with Gasteiger partial charge < -0.3 is 5.32 Å². The van der Waals surface area contributed by atoms with E-state index in [4.69, 9.17) is 0 Å². The maximum Gasteiger partial charge on any atom is 0.107 e. The highest BCUT2D eigenvalue weighted by molar-refractivity contribution is 7.11. The van der Waals surface area contributed by atoms with E-state index < -0.39 is 0 Å². The Bertz CT molecular complexity index is 254. The molecule has 0 aliphatic heterocycles. The first-order chi connectivity index (χ1) is 6.80. The van der Waals surface area contributed by atoms with E-state index in [1.165, 1.54) is 22.7 Å². The Morgan fingerprint density at radius 3 is 2.57 bits per heavy atom. The zero-order valence-corrected chi connectivity index (χ0v) is 10.2. The van der Waals surface area contributed by atoms with Crippen LogP contribution in [0.5, 0.6) is 0 Å². The molecule has 1 rings (SSSR count). The Morgan fingerprint density at radius 1 is 1.36 bits per heavy atom. The van der Waals surface area contributed by atoms with Gasteiger partial charge in [-0.2, -0.15) is 0 Å². The topological polar surface area (TPSA) is 24.9 Å². The molecule has 0 amide bonds. The van der Waals surface area contributed by atoms with Crippen LogP contribution in [-0.4, -0.2) is 11.0 Å². The molecule has 0 radical (unpaired) electrons. The predicted molar refractivity (Wildman–Crippen MR) is 62.7 cm³/mol. The fourth-order valence-electron chi connectivity index (χ4n) is 1.40. The summed E-state index contributed by atoms with van der Waals surface area (Å²) >= 11 is 1.82. The summed E-state index contributed by atoms with van der Waals surface area (Å²) in [5.41, 5.74) is 0. The molecule has 0 atom stereocenters. The summed E-state index contributed by atoms with van der Waals surface area (Å²) < 4.78 is 0. The molecule has 1 N–H and O–H groups in total. The third-order valence-electron chi connectivity index (χ3n) is 2.48. The van der Waals surface area contributed by atoms with Crippen LogP contribution in [0.15, 0.2) is 6.20 Å². The minimum Gasteiger partial charge on any atom is -0.308 e. The average molecular weight is 212 g/mol. The van der Waals surface area contributed by atoms with Gasteiger partial charge in [0.1, 0.15) is 5.01 Å². The van der Waals surface area contributed by atoms with E-state index in [1.54, 1.807) is 0 Å². The van der Waals surface area contributed by atoms with Crippen LogP contribution in [0, 0.1) is 0 Å². The van der Waals surface area contributed by atoms with Crippen molar-refractivity contribution in [3.05, 3.63) is 16.1 Å². The van der Waals surface area contributed by atoms with Gasteiger partial charge in [0.05, 0.1) is 0 Å². The number of hydrogen-bond donors (Lipinski definition) is 1. The summed E-state index contributed by atoms with van der Waals surface area (Å²) in [5, 5.41) is 4.74. The molecule has 2 nitrogen and oxygen atoms in total. The van der Waals surface area contributed by atoms with Crippen molar-refractivity contribution < 1.29 is 0 Å². The van der Waals surface area contributed by atoms with Crippen molar-refractivity contribution in [2.45, 2.75) is 52.6 Å². The fourth-order valence-corrected chi connectivity index (χ4v) is 2.22. The van der Waals surface area contributed by atoms with Gasteiger partial charge in [0.25, 0.3) is 0 Å². The molecule has 14 heavy (non-hydrogen) atoms. The summed E-state index contributed by atoms with van der Waals surface area (Å²) in [7, 11) is 0. The van der Waals surface area contributed by atoms with E-state index >= 15 is 0 Å². The number of nitrogens with zero attached hydrogens (tertiary/aromatic N) is 1. The Kier molecular flexibility index (Phi) is 5.12. The highest BCUT2D eigenvalue weighted by atomic mass is 32.1. The maximum absolute atomic E-state index is 4.38. The molecule has 1 aromatic heterocycles. The molecular weight excluding hydrogens is 192 g/mol. The number of aryl methyl sites for hydroxylation is 1. The standard InChI is InChI=1S/C11H20N2S/c1-4-9(5-2)12-8-11-13-7-10(6-3)14-11/h7,9,12H,4-6,8H2,1-3H3. The molecule has 3 heteroatoms. The van der Waals surface area contributed by atoms with Crippen molar-refractivity contribution in [2.75, 3.05) is 0 Å². The van der Waals surface area contributed by atoms with Crippen molar-refractivity contribution >= 4 is 11.3 Å². The zero-order chi connectivity index (χ0) is 10.4. The lowest BCUT2D eigenvalue weighted by atomic mass is 10.2. The molecule has 0 spiro atoms. The van der Waals surface area contributed by atoms with Gasteiger partial charge in [-0.3, -0.25) is 0 Å². The van der Waals surface area contributed by atoms with E-state index in [2.05, 4.69) is 31.1 Å². The molecular formula is C11H20N2S. The van der Waals surface area contributed by atoms with Gasteiger partial charge in [-0.05, 0) is 19.3 Å². The average Bonchev–Trinajstić information content (AvgIpc) is 2.67. The van der Waals surface area contributed by atoms with Crippen LogP contribution in [0.3, 0.4) is 0 Å². The van der Waals surface area contributed by atoms with E-state index in [0.29, 0.717) is 6.04 Å². The van der Waals surface area contributed by atoms with Gasteiger partial charge in [0.15, 0.2) is 0 Å². The third-order valence-corrected chi connectivity index (χ3v) is 3.62. The first-order valence-corrected chi connectivity index (χ1v) is 6.28. The van der Waals surface area contributed by atoms with E-state index in [0.717, 1.165) is 13.0 Å². The largest absolute Gasteiger partial charge is 0.308 e. The van der Waals surface area contributed by atoms with Gasteiger partial charge in [-0.15, -0.1) is 11.3 Å². The monoisotopic (exact) mass is 212 g/mol. The Morgan fingerprint density at radius 2 is 2.07 bits per heavy atom. The zero-order valence-electron chi connectivity index (χ0n) is 9.34. The predicted octanol–water partition coefficient (Wildman–Crippen LogP) is 2.98. The van der Waals surface area contributed by atoms with Crippen LogP contribution in [0.25, 0.3) is 0 Å². The van der Waals surface area contributed by atoms with E-state index in [1.807, 2.05) is 17.5 Å². The molecule has 80 valence electrons. The third kappa shape index (κ3) is 3.39. The van der Waals surface area contributed by atoms with Crippen molar-refractivity contribution in [2.24, 2.45) is 0 Å². The molecule has 0 saturated heterocycles. The van der Waals surface area contributed by atoms with Gasteiger partial charge in [-0.25, -0.2) is 4.98 Å². The number of nitrogens with one attached hydrogen (secondary N) is 1. The van der Waals surface area contributed by atoms with Gasteiger partial charge in [0.2, 0.25) is 0 Å². The van der Waals surface area contributed by atoms with E-state index in [9.17, 15) is 0 Å². The minimum absolute atomic E-state index is 0.643. The molecule has 0 saturated carbocycles. The van der Waals surface area contributed by atoms with Crippen LogP contribution in [0.1, 0.15) is 43.5 Å². The molecule has 0 bridgehead atoms. The second-order valence-corrected chi connectivity index (χ2v) is 4.67. The van der Waals surface area contributed by atoms with Crippen LogP contribution in [0.4, 0.5) is 0 Å². The highest BCUT2D eigenvalue weighted by Crippen LogP contribution is 2.13. The van der Waals surface area contributed by atoms with Crippen molar-refractivity contribution in [3.63, 3.8) is 0 Å². The highest BCUT2D eigenvalue weighted by Gasteiger charge is 2.04. The first-order valence-electron chi connectivity index (χ1n) is 5.47. The summed E-state index contributed by atoms with van der Waals surface area (Å²) in [6.07, 6.45) is 5.49. The lowest BCUT2D eigenvalue weighted by Crippen LogP contribution is -2.26. The van der Waals surface area contributed by atoms with Gasteiger partial charge in [0, 0.05) is 23.7 Å². The Balaban J connectivity index is 2.37. The second-order valence-electron chi connectivity index (χ2n) is 3.47. The maximum atomic E-state index is 4.38. The van der Waals surface area contributed by atoms with E-state index in [-0.39, 0.29) is 0 Å². The van der Waals surface area contributed by atoms with Crippen molar-refractivity contribution in [1.82, 2.24) is 10.3 Å². The number of rotatable bonds is 6. The van der Waals surface area contributed by atoms with Crippen LogP contribution < -0.4 is 5.32 Å². The van der Waals surface area contributed by atoms with Crippen LogP contribution >= 0.6 is 11.3 Å². The van der Waals surface area contributed by atoms with Crippen molar-refractivity contribution in [3.8, 4) is 0 Å². The summed E-state index contributed by atoms with van der Waals surface area (Å²) in [6, 6.07) is 0.643. The first kappa shape index (κ1) is 11.7. The van der Waals surface area contributed by atoms with Gasteiger partial charge >= 0.3 is 0 Å². The summed E-state index contributed by atoms with van der Waals surface area (Å²) in [5.74, 6) is 0. The smallest absolute Gasteiger partial charge is 0.107 e. The SMILES string of the molecule is CCc1cnc(CNC(CC)CC)s1. The Hall–Kier alpha value is -0.410. The lowest BCUT2D eigenvalue weighted by Gasteiger charge is -2.12. The summed E-state index contributed by atoms with van der Waals surface area (Å²) in [6.45, 7) is 7.55. The molecule has 0 fully saturated rings. The molecule has 1 aromatic rings. The van der Waals surface area contributed by atoms with Crippen molar-refractivity contribution in [1.29, 1.82) is 0 Å². The number of hydrogen-bond acceptors (Lipinski definition) is 3. The Labute approximate surface area is 90.8 Å². The normalized spacial score (nSPS) is 11.1. The molecule has 0 unspecified atom stereocenters. The minimum atomic E-state index is 0.643. The molecule has 0 aromatic carbocycles.